The second kappa shape index (κ2) is 10.8. The lowest BCUT2D eigenvalue weighted by atomic mass is 9.80. The molecule has 0 spiro atoms. The Morgan fingerprint density at radius 2 is 1.97 bits per heavy atom. The fraction of sp³-hybridized carbons (Fsp3) is 0.560. The summed E-state index contributed by atoms with van der Waals surface area (Å²) in [5.41, 5.74) is 0.611. The lowest BCUT2D eigenvalue weighted by Crippen LogP contribution is -2.56. The number of carbonyl (C=O) groups excluding carboxylic acids is 1. The van der Waals surface area contributed by atoms with Gasteiger partial charge in [0.1, 0.15) is 5.60 Å². The summed E-state index contributed by atoms with van der Waals surface area (Å²) < 4.78 is 7.28. The molecule has 0 unspecified atom stereocenters. The lowest BCUT2D eigenvalue weighted by molar-refractivity contribution is -0.0893. The van der Waals surface area contributed by atoms with Crippen molar-refractivity contribution in [2.45, 2.75) is 49.8 Å². The Hall–Kier alpha value is -2.95. The average Bonchev–Trinajstić information content (AvgIpc) is 3.29. The van der Waals surface area contributed by atoms with Crippen molar-refractivity contribution in [3.63, 3.8) is 0 Å². The van der Waals surface area contributed by atoms with Gasteiger partial charge in [-0.3, -0.25) is 4.79 Å². The summed E-state index contributed by atoms with van der Waals surface area (Å²) in [6, 6.07) is 8.75. The first kappa shape index (κ1) is 25.2. The molecule has 10 heteroatoms. The molecule has 2 heterocycles. The lowest BCUT2D eigenvalue weighted by Gasteiger charge is -2.41. The highest BCUT2D eigenvalue weighted by Crippen LogP contribution is 2.41. The molecule has 10 nitrogen and oxygen atoms in total. The van der Waals surface area contributed by atoms with E-state index in [4.69, 9.17) is 4.74 Å². The van der Waals surface area contributed by atoms with E-state index in [9.17, 15) is 24.9 Å². The number of imidazole rings is 1. The van der Waals surface area contributed by atoms with Crippen LogP contribution in [0.5, 0.6) is 0 Å². The summed E-state index contributed by atoms with van der Waals surface area (Å²) in [6.07, 6.45) is 4.03. The van der Waals surface area contributed by atoms with E-state index in [2.05, 4.69) is 4.98 Å². The summed E-state index contributed by atoms with van der Waals surface area (Å²) >= 11 is 0. The van der Waals surface area contributed by atoms with E-state index < -0.39 is 17.7 Å². The van der Waals surface area contributed by atoms with Crippen LogP contribution in [0.1, 0.15) is 48.6 Å². The topological polar surface area (TPSA) is 128 Å². The van der Waals surface area contributed by atoms with E-state index in [1.54, 1.807) is 18.3 Å². The number of aliphatic hydroxyl groups is 2. The smallest absolute Gasteiger partial charge is 0.407 e. The van der Waals surface area contributed by atoms with Crippen molar-refractivity contribution in [1.29, 1.82) is 0 Å². The minimum Gasteiger partial charge on any atom is -0.465 e. The minimum atomic E-state index is -1.08. The van der Waals surface area contributed by atoms with Crippen LogP contribution < -0.4 is 0 Å². The number of carbonyl (C=O) groups is 2. The number of amides is 2. The average molecular weight is 487 g/mol. The summed E-state index contributed by atoms with van der Waals surface area (Å²) in [4.78, 5) is 32.8. The fourth-order valence-corrected chi connectivity index (χ4v) is 5.48. The normalized spacial score (nSPS) is 25.0. The first-order chi connectivity index (χ1) is 16.9. The number of nitrogens with zero attached hydrogens (tertiary/aromatic N) is 4. The Labute approximate surface area is 204 Å². The standard InChI is InChI=1S/C25H34N4O6/c1-35-16-25(34)11-6-5-9-20(25)29-17-26-21(22(29)18-7-3-2-4-8-18)23(31)28-13-12-27(24(32)33)15-19(28)10-14-30/h2-4,7-8,17,19-20,30,34H,5-6,9-16H2,1H3,(H,32,33)/t19-,20-,25-/m1/s1. The number of methoxy groups -OCH3 is 1. The number of rotatable bonds is 7. The molecule has 2 aliphatic rings. The van der Waals surface area contributed by atoms with Gasteiger partial charge in [-0.15, -0.1) is 0 Å². The van der Waals surface area contributed by atoms with Crippen LogP contribution in [0.25, 0.3) is 11.3 Å². The van der Waals surface area contributed by atoms with Crippen LogP contribution in [-0.4, -0.2) is 98.3 Å². The molecule has 0 bridgehead atoms. The number of benzene rings is 1. The van der Waals surface area contributed by atoms with Crippen LogP contribution in [0.3, 0.4) is 0 Å². The van der Waals surface area contributed by atoms with Crippen molar-refractivity contribution >= 4 is 12.0 Å². The molecule has 1 saturated carbocycles. The number of hydrogen-bond acceptors (Lipinski definition) is 6. The Balaban J connectivity index is 1.75. The van der Waals surface area contributed by atoms with Crippen LogP contribution in [0, 0.1) is 0 Å². The molecule has 0 radical (unpaired) electrons. The maximum atomic E-state index is 13.9. The Bertz CT molecular complexity index is 1020. The Kier molecular flexibility index (Phi) is 7.73. The summed E-state index contributed by atoms with van der Waals surface area (Å²) in [5.74, 6) is -0.308. The predicted molar refractivity (Wildman–Crippen MR) is 128 cm³/mol. The van der Waals surface area contributed by atoms with Crippen LogP contribution in [0.15, 0.2) is 36.7 Å². The summed E-state index contributed by atoms with van der Waals surface area (Å²) in [7, 11) is 1.57. The molecule has 1 aliphatic heterocycles. The number of aliphatic hydroxyl groups excluding tert-OH is 1. The molecule has 3 atom stereocenters. The van der Waals surface area contributed by atoms with E-state index >= 15 is 0 Å². The molecule has 190 valence electrons. The highest BCUT2D eigenvalue weighted by molar-refractivity contribution is 5.98. The highest BCUT2D eigenvalue weighted by Gasteiger charge is 2.42. The number of ether oxygens (including phenoxy) is 1. The molecular weight excluding hydrogens is 452 g/mol. The zero-order valence-corrected chi connectivity index (χ0v) is 20.0. The van der Waals surface area contributed by atoms with E-state index in [0.717, 1.165) is 24.8 Å². The van der Waals surface area contributed by atoms with Gasteiger partial charge in [0.15, 0.2) is 5.69 Å². The van der Waals surface area contributed by atoms with Crippen LogP contribution in [-0.2, 0) is 4.74 Å². The van der Waals surface area contributed by atoms with Gasteiger partial charge in [0.2, 0.25) is 0 Å². The highest BCUT2D eigenvalue weighted by atomic mass is 16.5. The van der Waals surface area contributed by atoms with Crippen LogP contribution >= 0.6 is 0 Å². The molecule has 35 heavy (non-hydrogen) atoms. The van der Waals surface area contributed by atoms with E-state index in [0.29, 0.717) is 12.1 Å². The largest absolute Gasteiger partial charge is 0.465 e. The van der Waals surface area contributed by atoms with E-state index in [1.807, 2.05) is 34.9 Å². The van der Waals surface area contributed by atoms with Crippen molar-refractivity contribution in [3.05, 3.63) is 42.4 Å². The van der Waals surface area contributed by atoms with Gasteiger partial charge >= 0.3 is 6.09 Å². The molecule has 2 aromatic rings. The molecule has 2 amide bonds. The molecule has 2 fully saturated rings. The molecule has 1 saturated heterocycles. The van der Waals surface area contributed by atoms with Gasteiger partial charge in [-0.05, 0) is 19.3 Å². The quantitative estimate of drug-likeness (QED) is 0.547. The Morgan fingerprint density at radius 3 is 2.66 bits per heavy atom. The number of hydrogen-bond donors (Lipinski definition) is 3. The van der Waals surface area contributed by atoms with Crippen molar-refractivity contribution in [2.75, 3.05) is 40.0 Å². The van der Waals surface area contributed by atoms with Gasteiger partial charge in [0, 0.05) is 38.9 Å². The monoisotopic (exact) mass is 486 g/mol. The second-order valence-corrected chi connectivity index (χ2v) is 9.41. The van der Waals surface area contributed by atoms with Crippen molar-refractivity contribution in [3.8, 4) is 11.3 Å². The molecule has 1 aromatic heterocycles. The van der Waals surface area contributed by atoms with Gasteiger partial charge < -0.3 is 34.4 Å². The van der Waals surface area contributed by atoms with Crippen LogP contribution in [0.2, 0.25) is 0 Å². The molecule has 3 N–H and O–H groups in total. The molecule has 4 rings (SSSR count). The van der Waals surface area contributed by atoms with Gasteiger partial charge in [-0.1, -0.05) is 43.2 Å². The third kappa shape index (κ3) is 5.05. The van der Waals surface area contributed by atoms with Gasteiger partial charge in [-0.2, -0.15) is 0 Å². The maximum absolute atomic E-state index is 13.9. The first-order valence-electron chi connectivity index (χ1n) is 12.1. The fourth-order valence-electron chi connectivity index (χ4n) is 5.48. The third-order valence-corrected chi connectivity index (χ3v) is 7.21. The van der Waals surface area contributed by atoms with E-state index in [-0.39, 0.29) is 56.9 Å². The van der Waals surface area contributed by atoms with E-state index in [1.165, 1.54) is 4.90 Å². The van der Waals surface area contributed by atoms with Gasteiger partial charge in [0.25, 0.3) is 5.91 Å². The summed E-state index contributed by atoms with van der Waals surface area (Å²) in [5, 5.41) is 30.5. The number of aromatic nitrogens is 2. The van der Waals surface area contributed by atoms with Crippen molar-refractivity contribution in [1.82, 2.24) is 19.4 Å². The minimum absolute atomic E-state index is 0.138. The van der Waals surface area contributed by atoms with Gasteiger partial charge in [-0.25, -0.2) is 9.78 Å². The maximum Gasteiger partial charge on any atom is 0.407 e. The molecular formula is C25H34N4O6. The Morgan fingerprint density at radius 1 is 1.20 bits per heavy atom. The zero-order valence-electron chi connectivity index (χ0n) is 20.0. The first-order valence-corrected chi connectivity index (χ1v) is 12.1. The predicted octanol–water partition coefficient (Wildman–Crippen LogP) is 2.23. The molecule has 1 aliphatic carbocycles. The van der Waals surface area contributed by atoms with Crippen molar-refractivity contribution in [2.24, 2.45) is 0 Å². The zero-order chi connectivity index (χ0) is 25.0. The number of piperazine rings is 1. The third-order valence-electron chi connectivity index (χ3n) is 7.21. The van der Waals surface area contributed by atoms with Crippen molar-refractivity contribution < 1.29 is 29.6 Å². The second-order valence-electron chi connectivity index (χ2n) is 9.41. The molecule has 1 aromatic carbocycles. The SMILES string of the molecule is COC[C@]1(O)CCCC[C@H]1n1cnc(C(=O)N2CCN(C(=O)O)C[C@H]2CCO)c1-c1ccccc1. The van der Waals surface area contributed by atoms with Gasteiger partial charge in [0.05, 0.1) is 30.7 Å². The summed E-state index contributed by atoms with van der Waals surface area (Å²) in [6.45, 7) is 0.574. The number of carboxylic acid groups (broad SMARTS) is 1. The van der Waals surface area contributed by atoms with Crippen LogP contribution in [0.4, 0.5) is 4.79 Å².